The molecule has 1 saturated carbocycles. The average Bonchev–Trinajstić information content (AvgIpc) is 3.34. The third kappa shape index (κ3) is 3.65. The van der Waals surface area contributed by atoms with Crippen LogP contribution < -0.4 is 0 Å². The van der Waals surface area contributed by atoms with E-state index in [9.17, 15) is 0 Å². The lowest BCUT2D eigenvalue weighted by atomic mass is 10.1. The second kappa shape index (κ2) is 7.30. The molecule has 0 aliphatic heterocycles. The van der Waals surface area contributed by atoms with Crippen LogP contribution in [0.25, 0.3) is 10.6 Å². The lowest BCUT2D eigenvalue weighted by Crippen LogP contribution is -2.03. The number of thiazole rings is 1. The molecule has 0 radical (unpaired) electrons. The largest absolute Gasteiger partial charge is 0.309 e. The van der Waals surface area contributed by atoms with E-state index in [1.807, 2.05) is 0 Å². The number of aromatic nitrogens is 4. The second-order valence-electron chi connectivity index (χ2n) is 6.68. The van der Waals surface area contributed by atoms with Crippen LogP contribution in [0.15, 0.2) is 34.8 Å². The van der Waals surface area contributed by atoms with E-state index < -0.39 is 0 Å². The second-order valence-corrected chi connectivity index (χ2v) is 8.48. The van der Waals surface area contributed by atoms with Gasteiger partial charge in [-0.15, -0.1) is 21.5 Å². The molecule has 0 amide bonds. The van der Waals surface area contributed by atoms with Gasteiger partial charge in [-0.2, -0.15) is 0 Å². The lowest BCUT2D eigenvalue weighted by molar-refractivity contribution is 0.616. The molecule has 1 fully saturated rings. The predicted octanol–water partition coefficient (Wildman–Crippen LogP) is 5.20. The highest BCUT2D eigenvalue weighted by atomic mass is 32.2. The number of nitrogens with zero attached hydrogens (tertiary/aromatic N) is 4. The first kappa shape index (κ1) is 16.8. The molecule has 1 aliphatic rings. The SMILES string of the molecule is Cc1cccc(-c2nc(CSc3nnc(C4CCCC4)n3C)cs2)c1. The molecule has 2 aromatic heterocycles. The molecular formula is C19H22N4S2. The van der Waals surface area contributed by atoms with Crippen molar-refractivity contribution in [3.8, 4) is 10.6 Å². The van der Waals surface area contributed by atoms with Gasteiger partial charge in [0.15, 0.2) is 5.16 Å². The van der Waals surface area contributed by atoms with E-state index in [4.69, 9.17) is 4.98 Å². The normalized spacial score (nSPS) is 15.1. The van der Waals surface area contributed by atoms with E-state index >= 15 is 0 Å². The summed E-state index contributed by atoms with van der Waals surface area (Å²) in [6, 6.07) is 8.51. The maximum absolute atomic E-state index is 4.79. The van der Waals surface area contributed by atoms with E-state index in [0.29, 0.717) is 5.92 Å². The van der Waals surface area contributed by atoms with E-state index in [0.717, 1.165) is 27.4 Å². The Labute approximate surface area is 156 Å². The van der Waals surface area contributed by atoms with Crippen LogP contribution in [-0.2, 0) is 12.8 Å². The molecule has 25 heavy (non-hydrogen) atoms. The van der Waals surface area contributed by atoms with Gasteiger partial charge in [0.25, 0.3) is 0 Å². The number of benzene rings is 1. The molecule has 0 saturated heterocycles. The van der Waals surface area contributed by atoms with Crippen molar-refractivity contribution in [1.82, 2.24) is 19.7 Å². The quantitative estimate of drug-likeness (QED) is 0.579. The minimum atomic E-state index is 0.596. The highest BCUT2D eigenvalue weighted by Gasteiger charge is 2.23. The van der Waals surface area contributed by atoms with Crippen LogP contribution in [0, 0.1) is 6.92 Å². The number of aryl methyl sites for hydroxylation is 1. The molecule has 0 N–H and O–H groups in total. The smallest absolute Gasteiger partial charge is 0.191 e. The van der Waals surface area contributed by atoms with Gasteiger partial charge < -0.3 is 4.57 Å². The van der Waals surface area contributed by atoms with Crippen molar-refractivity contribution in [3.05, 3.63) is 46.7 Å². The summed E-state index contributed by atoms with van der Waals surface area (Å²) in [5, 5.41) is 13.1. The van der Waals surface area contributed by atoms with Crippen LogP contribution in [0.2, 0.25) is 0 Å². The van der Waals surface area contributed by atoms with Crippen LogP contribution in [0.3, 0.4) is 0 Å². The van der Waals surface area contributed by atoms with E-state index in [1.54, 1.807) is 23.1 Å². The third-order valence-corrected chi connectivity index (χ3v) is 6.75. The third-order valence-electron chi connectivity index (χ3n) is 4.75. The zero-order valence-electron chi connectivity index (χ0n) is 14.6. The monoisotopic (exact) mass is 370 g/mol. The topological polar surface area (TPSA) is 43.6 Å². The minimum Gasteiger partial charge on any atom is -0.309 e. The van der Waals surface area contributed by atoms with Gasteiger partial charge in [0.05, 0.1) is 5.69 Å². The maximum Gasteiger partial charge on any atom is 0.191 e. The number of hydrogen-bond donors (Lipinski definition) is 0. The number of hydrogen-bond acceptors (Lipinski definition) is 5. The van der Waals surface area contributed by atoms with E-state index in [2.05, 4.69) is 58.4 Å². The minimum absolute atomic E-state index is 0.596. The molecule has 4 rings (SSSR count). The Morgan fingerprint density at radius 2 is 2.08 bits per heavy atom. The summed E-state index contributed by atoms with van der Waals surface area (Å²) >= 11 is 3.43. The van der Waals surface area contributed by atoms with Crippen molar-refractivity contribution >= 4 is 23.1 Å². The number of thioether (sulfide) groups is 1. The van der Waals surface area contributed by atoms with Crippen LogP contribution in [0.5, 0.6) is 0 Å². The van der Waals surface area contributed by atoms with Gasteiger partial charge in [0.1, 0.15) is 10.8 Å². The Bertz CT molecular complexity index is 862. The molecule has 4 nitrogen and oxygen atoms in total. The Hall–Kier alpha value is -1.66. The molecule has 2 heterocycles. The Balaban J connectivity index is 1.44. The Morgan fingerprint density at radius 1 is 1.24 bits per heavy atom. The van der Waals surface area contributed by atoms with E-state index in [-0.39, 0.29) is 0 Å². The van der Waals surface area contributed by atoms with Gasteiger partial charge in [0.2, 0.25) is 0 Å². The van der Waals surface area contributed by atoms with Crippen molar-refractivity contribution in [2.24, 2.45) is 7.05 Å². The zero-order chi connectivity index (χ0) is 17.2. The highest BCUT2D eigenvalue weighted by Crippen LogP contribution is 2.34. The summed E-state index contributed by atoms with van der Waals surface area (Å²) in [6.45, 7) is 2.11. The van der Waals surface area contributed by atoms with Gasteiger partial charge >= 0.3 is 0 Å². The van der Waals surface area contributed by atoms with Gasteiger partial charge in [-0.1, -0.05) is 48.4 Å². The molecule has 0 spiro atoms. The molecule has 0 unspecified atom stereocenters. The molecule has 1 aromatic carbocycles. The first-order valence-electron chi connectivity index (χ1n) is 8.74. The fourth-order valence-corrected chi connectivity index (χ4v) is 5.15. The summed E-state index contributed by atoms with van der Waals surface area (Å²) in [5.41, 5.74) is 3.57. The first-order chi connectivity index (χ1) is 12.2. The highest BCUT2D eigenvalue weighted by molar-refractivity contribution is 7.98. The zero-order valence-corrected chi connectivity index (χ0v) is 16.2. The van der Waals surface area contributed by atoms with Crippen LogP contribution in [-0.4, -0.2) is 19.7 Å². The molecule has 130 valence electrons. The standard InChI is InChI=1S/C19H22N4S2/c1-13-6-5-9-15(10-13)18-20-16(11-24-18)12-25-19-22-21-17(23(19)2)14-7-3-4-8-14/h5-6,9-11,14H,3-4,7-8,12H2,1-2H3. The van der Waals surface area contributed by atoms with Gasteiger partial charge in [-0.3, -0.25) is 0 Å². The van der Waals surface area contributed by atoms with Crippen molar-refractivity contribution in [1.29, 1.82) is 0 Å². The fourth-order valence-electron chi connectivity index (χ4n) is 3.41. The predicted molar refractivity (Wildman–Crippen MR) is 104 cm³/mol. The van der Waals surface area contributed by atoms with Crippen molar-refractivity contribution in [3.63, 3.8) is 0 Å². The lowest BCUT2D eigenvalue weighted by Gasteiger charge is -2.08. The molecule has 0 atom stereocenters. The fraction of sp³-hybridized carbons (Fsp3) is 0.421. The Morgan fingerprint density at radius 3 is 2.88 bits per heavy atom. The molecule has 0 bridgehead atoms. The molecule has 1 aliphatic carbocycles. The van der Waals surface area contributed by atoms with E-state index in [1.165, 1.54) is 36.8 Å². The average molecular weight is 371 g/mol. The van der Waals surface area contributed by atoms with Gasteiger partial charge in [0, 0.05) is 29.7 Å². The summed E-state index contributed by atoms with van der Waals surface area (Å²) in [5.74, 6) is 2.58. The first-order valence-corrected chi connectivity index (χ1v) is 10.6. The van der Waals surface area contributed by atoms with Crippen molar-refractivity contribution < 1.29 is 0 Å². The summed E-state index contributed by atoms with van der Waals surface area (Å²) in [4.78, 5) is 4.79. The molecule has 6 heteroatoms. The van der Waals surface area contributed by atoms with Crippen LogP contribution >= 0.6 is 23.1 Å². The van der Waals surface area contributed by atoms with Crippen LogP contribution in [0.4, 0.5) is 0 Å². The molecular weight excluding hydrogens is 348 g/mol. The van der Waals surface area contributed by atoms with Crippen LogP contribution in [0.1, 0.15) is 48.7 Å². The summed E-state index contributed by atoms with van der Waals surface area (Å²) in [6.07, 6.45) is 5.15. The summed E-state index contributed by atoms with van der Waals surface area (Å²) < 4.78 is 2.18. The Kier molecular flexibility index (Phi) is 4.90. The van der Waals surface area contributed by atoms with Gasteiger partial charge in [-0.05, 0) is 25.8 Å². The molecule has 3 aromatic rings. The summed E-state index contributed by atoms with van der Waals surface area (Å²) in [7, 11) is 2.09. The van der Waals surface area contributed by atoms with Crippen molar-refractivity contribution in [2.45, 2.75) is 49.4 Å². The van der Waals surface area contributed by atoms with Gasteiger partial charge in [-0.25, -0.2) is 4.98 Å². The maximum atomic E-state index is 4.79. The number of rotatable bonds is 5. The van der Waals surface area contributed by atoms with Crippen molar-refractivity contribution in [2.75, 3.05) is 0 Å².